The van der Waals surface area contributed by atoms with Gasteiger partial charge in [0.1, 0.15) is 21.2 Å². The van der Waals surface area contributed by atoms with Crippen molar-refractivity contribution in [3.8, 4) is 10.6 Å². The zero-order valence-electron chi connectivity index (χ0n) is 17.5. The van der Waals surface area contributed by atoms with Crippen LogP contribution in [0.2, 0.25) is 0 Å². The number of nitrogens with zero attached hydrogens (tertiary/aromatic N) is 2. The molecule has 0 unspecified atom stereocenters. The minimum atomic E-state index is -1.01. The lowest BCUT2D eigenvalue weighted by atomic mass is 9.92. The Kier molecular flexibility index (Phi) is 5.38. The predicted molar refractivity (Wildman–Crippen MR) is 124 cm³/mol. The van der Waals surface area contributed by atoms with E-state index in [-0.39, 0.29) is 23.9 Å². The maximum Gasteiger partial charge on any atom is 0.305 e. The molecular weight excluding hydrogens is 441 g/mol. The van der Waals surface area contributed by atoms with Gasteiger partial charge in [-0.3, -0.25) is 9.59 Å². The second-order valence-corrected chi connectivity index (χ2v) is 9.06. The van der Waals surface area contributed by atoms with Crippen LogP contribution in [0, 0.1) is 5.82 Å². The van der Waals surface area contributed by atoms with Gasteiger partial charge in [-0.25, -0.2) is 14.4 Å². The number of fused-ring (bicyclic) bond motifs is 1. The average Bonchev–Trinajstić information content (AvgIpc) is 3.52. The first-order valence-corrected chi connectivity index (χ1v) is 11.4. The van der Waals surface area contributed by atoms with E-state index in [1.807, 2.05) is 30.3 Å². The van der Waals surface area contributed by atoms with Crippen molar-refractivity contribution in [2.45, 2.75) is 24.7 Å². The Labute approximate surface area is 193 Å². The minimum Gasteiger partial charge on any atom is -0.481 e. The van der Waals surface area contributed by atoms with E-state index in [9.17, 15) is 14.0 Å². The molecular formula is C25H20FN3O3S. The quantitative estimate of drug-likeness (QED) is 0.413. The van der Waals surface area contributed by atoms with Crippen LogP contribution >= 0.6 is 11.3 Å². The van der Waals surface area contributed by atoms with Gasteiger partial charge in [0, 0.05) is 23.1 Å². The van der Waals surface area contributed by atoms with Gasteiger partial charge in [0.25, 0.3) is 5.91 Å². The van der Waals surface area contributed by atoms with Crippen LogP contribution < -0.4 is 5.32 Å². The van der Waals surface area contributed by atoms with Crippen LogP contribution in [-0.2, 0) is 10.2 Å². The molecule has 0 bridgehead atoms. The van der Waals surface area contributed by atoms with E-state index in [1.165, 1.54) is 29.0 Å². The second kappa shape index (κ2) is 8.37. The van der Waals surface area contributed by atoms with Crippen molar-refractivity contribution in [1.29, 1.82) is 0 Å². The minimum absolute atomic E-state index is 0.0200. The number of carbonyl (C=O) groups excluding carboxylic acids is 1. The number of thiazole rings is 1. The summed E-state index contributed by atoms with van der Waals surface area (Å²) < 4.78 is 14.8. The van der Waals surface area contributed by atoms with Crippen LogP contribution in [0.1, 0.15) is 40.9 Å². The Bertz CT molecular complexity index is 1370. The Morgan fingerprint density at radius 2 is 1.85 bits per heavy atom. The highest BCUT2D eigenvalue weighted by Crippen LogP contribution is 2.53. The molecule has 8 heteroatoms. The smallest absolute Gasteiger partial charge is 0.305 e. The predicted octanol–water partition coefficient (Wildman–Crippen LogP) is 4.78. The van der Waals surface area contributed by atoms with Crippen molar-refractivity contribution in [1.82, 2.24) is 15.3 Å². The van der Waals surface area contributed by atoms with Gasteiger partial charge in [-0.2, -0.15) is 0 Å². The van der Waals surface area contributed by atoms with E-state index >= 15 is 0 Å². The van der Waals surface area contributed by atoms with Crippen molar-refractivity contribution in [2.75, 3.05) is 6.54 Å². The molecule has 4 aromatic rings. The van der Waals surface area contributed by atoms with Gasteiger partial charge in [0.05, 0.1) is 12.1 Å². The van der Waals surface area contributed by atoms with Gasteiger partial charge in [-0.1, -0.05) is 41.7 Å². The summed E-state index contributed by atoms with van der Waals surface area (Å²) in [5.74, 6) is -2.10. The summed E-state index contributed by atoms with van der Waals surface area (Å²) in [7, 11) is 0. The monoisotopic (exact) mass is 461 g/mol. The molecule has 1 aliphatic carbocycles. The van der Waals surface area contributed by atoms with Crippen LogP contribution in [0.5, 0.6) is 0 Å². The molecule has 0 saturated heterocycles. The zero-order valence-corrected chi connectivity index (χ0v) is 18.4. The van der Waals surface area contributed by atoms with E-state index in [0.717, 1.165) is 29.4 Å². The van der Waals surface area contributed by atoms with Crippen molar-refractivity contribution in [3.05, 3.63) is 83.3 Å². The van der Waals surface area contributed by atoms with Gasteiger partial charge >= 0.3 is 5.97 Å². The first kappa shape index (κ1) is 21.2. The van der Waals surface area contributed by atoms with Gasteiger partial charge in [0.15, 0.2) is 0 Å². The van der Waals surface area contributed by atoms with Crippen LogP contribution in [-0.4, -0.2) is 33.5 Å². The summed E-state index contributed by atoms with van der Waals surface area (Å²) in [4.78, 5) is 32.9. The molecule has 33 heavy (non-hydrogen) atoms. The highest BCUT2D eigenvalue weighted by molar-refractivity contribution is 7.21. The maximum absolute atomic E-state index is 14.8. The third-order valence-electron chi connectivity index (χ3n) is 5.91. The fourth-order valence-corrected chi connectivity index (χ4v) is 4.95. The fourth-order valence-electron chi connectivity index (χ4n) is 3.99. The van der Waals surface area contributed by atoms with Crippen LogP contribution in [0.3, 0.4) is 0 Å². The number of nitrogens with one attached hydrogen (secondary N) is 1. The number of hydrogen-bond donors (Lipinski definition) is 2. The SMILES string of the molecule is O=C(O)CCNC(=O)c1ccc(-c2nc3ccc(C4(c5ccccc5)CC4)nc3s2)c(F)c1. The number of halogens is 1. The van der Waals surface area contributed by atoms with Gasteiger partial charge < -0.3 is 10.4 Å². The number of aromatic nitrogens is 2. The number of carbonyl (C=O) groups is 2. The highest BCUT2D eigenvalue weighted by Gasteiger charge is 2.47. The molecule has 1 saturated carbocycles. The first-order valence-electron chi connectivity index (χ1n) is 10.6. The molecule has 0 radical (unpaired) electrons. The molecule has 2 N–H and O–H groups in total. The summed E-state index contributed by atoms with van der Waals surface area (Å²) >= 11 is 1.32. The van der Waals surface area contributed by atoms with Gasteiger partial charge in [-0.05, 0) is 48.7 Å². The third-order valence-corrected chi connectivity index (χ3v) is 6.91. The Morgan fingerprint density at radius 3 is 2.55 bits per heavy atom. The van der Waals surface area contributed by atoms with Crippen molar-refractivity contribution < 1.29 is 19.1 Å². The molecule has 166 valence electrons. The lowest BCUT2D eigenvalue weighted by molar-refractivity contribution is -0.136. The second-order valence-electron chi connectivity index (χ2n) is 8.08. The number of amides is 1. The molecule has 2 aromatic heterocycles. The standard InChI is InChI=1S/C25H20FN3O3S/c26-18-14-15(22(32)27-13-10-21(30)31)6-7-17(18)23-28-19-8-9-20(29-24(19)33-23)25(11-12-25)16-4-2-1-3-5-16/h1-9,14H,10-13H2,(H,27,32)(H,30,31). The molecule has 6 nitrogen and oxygen atoms in total. The third kappa shape index (κ3) is 4.09. The largest absolute Gasteiger partial charge is 0.481 e. The Morgan fingerprint density at radius 1 is 1.06 bits per heavy atom. The summed E-state index contributed by atoms with van der Waals surface area (Å²) in [5, 5.41) is 11.6. The Balaban J connectivity index is 1.40. The van der Waals surface area contributed by atoms with Crippen molar-refractivity contribution >= 4 is 33.6 Å². The summed E-state index contributed by atoms with van der Waals surface area (Å²) in [6.07, 6.45) is 1.90. The van der Waals surface area contributed by atoms with E-state index < -0.39 is 17.7 Å². The summed E-state index contributed by atoms with van der Waals surface area (Å²) in [5.41, 5.74) is 3.33. The molecule has 1 aliphatic rings. The molecule has 1 fully saturated rings. The number of aliphatic carboxylic acids is 1. The lowest BCUT2D eigenvalue weighted by Crippen LogP contribution is -2.26. The van der Waals surface area contributed by atoms with Crippen LogP contribution in [0.4, 0.5) is 4.39 Å². The molecule has 2 heterocycles. The zero-order chi connectivity index (χ0) is 23.0. The number of pyridine rings is 1. The molecule has 0 spiro atoms. The summed E-state index contributed by atoms with van der Waals surface area (Å²) in [6.45, 7) is -0.0200. The van der Waals surface area contributed by atoms with E-state index in [1.54, 1.807) is 0 Å². The maximum atomic E-state index is 14.8. The average molecular weight is 462 g/mol. The van der Waals surface area contributed by atoms with Crippen LogP contribution in [0.15, 0.2) is 60.7 Å². The Hall–Kier alpha value is -3.65. The normalized spacial score (nSPS) is 14.2. The fraction of sp³-hybridized carbons (Fsp3) is 0.200. The number of carboxylic acids is 1. The number of carboxylic acid groups (broad SMARTS) is 1. The topological polar surface area (TPSA) is 92.2 Å². The lowest BCUT2D eigenvalue weighted by Gasteiger charge is -2.14. The van der Waals surface area contributed by atoms with Crippen molar-refractivity contribution in [3.63, 3.8) is 0 Å². The van der Waals surface area contributed by atoms with Crippen molar-refractivity contribution in [2.24, 2.45) is 0 Å². The molecule has 2 aromatic carbocycles. The highest BCUT2D eigenvalue weighted by atomic mass is 32.1. The number of benzene rings is 2. The molecule has 0 atom stereocenters. The number of rotatable bonds is 7. The molecule has 0 aliphatic heterocycles. The summed E-state index contributed by atoms with van der Waals surface area (Å²) in [6, 6.07) is 18.5. The van der Waals surface area contributed by atoms with Gasteiger partial charge in [-0.15, -0.1) is 0 Å². The van der Waals surface area contributed by atoms with E-state index in [0.29, 0.717) is 16.1 Å². The van der Waals surface area contributed by atoms with Crippen LogP contribution in [0.25, 0.3) is 20.9 Å². The van der Waals surface area contributed by atoms with E-state index in [4.69, 9.17) is 10.1 Å². The van der Waals surface area contributed by atoms with E-state index in [2.05, 4.69) is 22.4 Å². The molecule has 5 rings (SSSR count). The number of hydrogen-bond acceptors (Lipinski definition) is 5. The molecule has 1 amide bonds. The van der Waals surface area contributed by atoms with Gasteiger partial charge in [0.2, 0.25) is 0 Å². The first-order chi connectivity index (χ1) is 16.0.